The molecule has 0 N–H and O–H groups in total. The summed E-state index contributed by atoms with van der Waals surface area (Å²) in [5.41, 5.74) is 11.6. The summed E-state index contributed by atoms with van der Waals surface area (Å²) in [4.78, 5) is 0. The van der Waals surface area contributed by atoms with E-state index in [4.69, 9.17) is 9.47 Å². The number of fused-ring (bicyclic) bond motifs is 11. The molecule has 3 heteroatoms. The van der Waals surface area contributed by atoms with Crippen LogP contribution in [0.3, 0.4) is 0 Å². The van der Waals surface area contributed by atoms with Crippen molar-refractivity contribution < 1.29 is 9.47 Å². The van der Waals surface area contributed by atoms with E-state index in [9.17, 15) is 0 Å². The van der Waals surface area contributed by atoms with Crippen LogP contribution in [0.25, 0.3) is 49.7 Å². The number of hydrogen-bond acceptors (Lipinski definition) is 2. The van der Waals surface area contributed by atoms with Crippen LogP contribution in [0.2, 0.25) is 0 Å². The summed E-state index contributed by atoms with van der Waals surface area (Å²) in [5, 5.41) is 2.40. The molecule has 0 saturated heterocycles. The van der Waals surface area contributed by atoms with Crippen molar-refractivity contribution in [1.82, 2.24) is 4.57 Å². The lowest BCUT2D eigenvalue weighted by molar-refractivity contribution is 0.400. The molecule has 0 aliphatic carbocycles. The van der Waals surface area contributed by atoms with Crippen molar-refractivity contribution >= 4 is 21.8 Å². The van der Waals surface area contributed by atoms with E-state index in [1.165, 1.54) is 16.3 Å². The third-order valence-electron chi connectivity index (χ3n) is 10.9. The zero-order valence-corrected chi connectivity index (χ0v) is 28.2. The van der Waals surface area contributed by atoms with Gasteiger partial charge < -0.3 is 14.0 Å². The van der Waals surface area contributed by atoms with Crippen LogP contribution in [-0.2, 0) is 5.41 Å². The van der Waals surface area contributed by atoms with E-state index < -0.39 is 5.41 Å². The Balaban J connectivity index is 1.25. The highest BCUT2D eigenvalue weighted by atomic mass is 16.5. The fraction of sp³-hybridized carbons (Fsp3) is 0.0204. The standard InChI is InChI=1S/C49H31NO2/c1-3-15-32(16-4-1)33-29-30-46-41(31-33)49(38-22-8-11-27-44(38)51-46)39-23-9-12-28-45(39)52-48-36(21-13-24-40(48)49)35-20-14-26-43-47(35)37-19-7-10-25-42(37)50(43)34-17-5-2-6-18-34/h1-31H. The molecule has 8 aromatic carbocycles. The predicted molar refractivity (Wildman–Crippen MR) is 210 cm³/mol. The molecule has 2 aliphatic rings. The fourth-order valence-corrected chi connectivity index (χ4v) is 8.81. The molecule has 52 heavy (non-hydrogen) atoms. The average Bonchev–Trinajstić information content (AvgIpc) is 3.56. The largest absolute Gasteiger partial charge is 0.457 e. The second-order valence-electron chi connectivity index (χ2n) is 13.6. The zero-order chi connectivity index (χ0) is 34.2. The molecule has 9 aromatic rings. The molecule has 1 spiro atoms. The number of aromatic nitrogens is 1. The lowest BCUT2D eigenvalue weighted by Gasteiger charge is -2.45. The summed E-state index contributed by atoms with van der Waals surface area (Å²) in [5.74, 6) is 3.40. The second kappa shape index (κ2) is 11.1. The Morgan fingerprint density at radius 3 is 1.79 bits per heavy atom. The predicted octanol–water partition coefficient (Wildman–Crippen LogP) is 12.7. The number of benzene rings is 8. The molecule has 1 unspecified atom stereocenters. The molecule has 0 fully saturated rings. The van der Waals surface area contributed by atoms with Crippen LogP contribution >= 0.6 is 0 Å². The van der Waals surface area contributed by atoms with Crippen molar-refractivity contribution in [2.24, 2.45) is 0 Å². The summed E-state index contributed by atoms with van der Waals surface area (Å²) >= 11 is 0. The highest BCUT2D eigenvalue weighted by molar-refractivity contribution is 6.16. The molecule has 11 rings (SSSR count). The molecule has 244 valence electrons. The first-order valence-corrected chi connectivity index (χ1v) is 17.8. The Hall–Kier alpha value is -6.84. The minimum Gasteiger partial charge on any atom is -0.457 e. The number of nitrogens with zero attached hydrogens (tertiary/aromatic N) is 1. The first kappa shape index (κ1) is 28.9. The van der Waals surface area contributed by atoms with Gasteiger partial charge in [-0.1, -0.05) is 140 Å². The molecular formula is C49H31NO2. The van der Waals surface area contributed by atoms with Crippen LogP contribution in [0, 0.1) is 0 Å². The quantitative estimate of drug-likeness (QED) is 0.187. The first-order chi connectivity index (χ1) is 25.8. The molecule has 2 aliphatic heterocycles. The maximum atomic E-state index is 7.14. The van der Waals surface area contributed by atoms with Gasteiger partial charge in [-0.15, -0.1) is 0 Å². The Labute approximate surface area is 301 Å². The van der Waals surface area contributed by atoms with Crippen molar-refractivity contribution in [1.29, 1.82) is 0 Å². The highest BCUT2D eigenvalue weighted by Crippen LogP contribution is 2.63. The Kier molecular flexibility index (Phi) is 6.17. The van der Waals surface area contributed by atoms with Crippen LogP contribution in [0.15, 0.2) is 188 Å². The maximum Gasteiger partial charge on any atom is 0.140 e. The average molecular weight is 666 g/mol. The van der Waals surface area contributed by atoms with Gasteiger partial charge in [0.15, 0.2) is 0 Å². The third-order valence-corrected chi connectivity index (χ3v) is 10.9. The SMILES string of the molecule is c1ccc(-c2ccc3c(c2)C2(c4ccccc4O3)c3ccccc3Oc3c(-c4cccc5c4c4ccccc4n5-c4ccccc4)cccc32)cc1. The summed E-state index contributed by atoms with van der Waals surface area (Å²) in [7, 11) is 0. The number of para-hydroxylation sites is 5. The molecule has 1 aromatic heterocycles. The van der Waals surface area contributed by atoms with Gasteiger partial charge in [-0.3, -0.25) is 0 Å². The Morgan fingerprint density at radius 2 is 0.981 bits per heavy atom. The van der Waals surface area contributed by atoms with Gasteiger partial charge in [0, 0.05) is 44.3 Å². The fourth-order valence-electron chi connectivity index (χ4n) is 8.81. The van der Waals surface area contributed by atoms with Crippen LogP contribution in [-0.4, -0.2) is 4.57 Å². The van der Waals surface area contributed by atoms with Gasteiger partial charge in [0.25, 0.3) is 0 Å². The van der Waals surface area contributed by atoms with Crippen molar-refractivity contribution in [2.45, 2.75) is 5.41 Å². The molecule has 3 nitrogen and oxygen atoms in total. The van der Waals surface area contributed by atoms with Crippen molar-refractivity contribution in [3.63, 3.8) is 0 Å². The van der Waals surface area contributed by atoms with Crippen LogP contribution in [0.5, 0.6) is 23.0 Å². The summed E-state index contributed by atoms with van der Waals surface area (Å²) in [6.07, 6.45) is 0. The maximum absolute atomic E-state index is 7.14. The third kappa shape index (κ3) is 3.96. The van der Waals surface area contributed by atoms with Gasteiger partial charge in [0.2, 0.25) is 0 Å². The lowest BCUT2D eigenvalue weighted by Crippen LogP contribution is -2.37. The Bertz CT molecular complexity index is 2840. The minimum atomic E-state index is -0.707. The second-order valence-corrected chi connectivity index (χ2v) is 13.6. The van der Waals surface area contributed by atoms with E-state index in [-0.39, 0.29) is 0 Å². The molecule has 0 saturated carbocycles. The van der Waals surface area contributed by atoms with E-state index in [0.717, 1.165) is 78.7 Å². The highest BCUT2D eigenvalue weighted by Gasteiger charge is 2.51. The summed E-state index contributed by atoms with van der Waals surface area (Å²) in [6, 6.07) is 66.9. The van der Waals surface area contributed by atoms with Gasteiger partial charge in [-0.25, -0.2) is 0 Å². The van der Waals surface area contributed by atoms with Crippen molar-refractivity contribution in [2.75, 3.05) is 0 Å². The monoisotopic (exact) mass is 665 g/mol. The van der Waals surface area contributed by atoms with Gasteiger partial charge in [0.05, 0.1) is 16.4 Å². The van der Waals surface area contributed by atoms with Crippen LogP contribution in [0.4, 0.5) is 0 Å². The van der Waals surface area contributed by atoms with Crippen LogP contribution < -0.4 is 9.47 Å². The molecule has 0 bridgehead atoms. The van der Waals surface area contributed by atoms with Crippen LogP contribution in [0.1, 0.15) is 22.3 Å². The zero-order valence-electron chi connectivity index (χ0n) is 28.2. The number of rotatable bonds is 3. The van der Waals surface area contributed by atoms with Gasteiger partial charge in [-0.2, -0.15) is 0 Å². The number of hydrogen-bond donors (Lipinski definition) is 0. The lowest BCUT2D eigenvalue weighted by atomic mass is 9.61. The van der Waals surface area contributed by atoms with E-state index in [2.05, 4.69) is 193 Å². The summed E-state index contributed by atoms with van der Waals surface area (Å²) in [6.45, 7) is 0. The summed E-state index contributed by atoms with van der Waals surface area (Å²) < 4.78 is 16.3. The van der Waals surface area contributed by atoms with Crippen molar-refractivity contribution in [3.05, 3.63) is 210 Å². The Morgan fingerprint density at radius 1 is 0.385 bits per heavy atom. The first-order valence-electron chi connectivity index (χ1n) is 17.8. The van der Waals surface area contributed by atoms with Gasteiger partial charge in [0.1, 0.15) is 23.0 Å². The van der Waals surface area contributed by atoms with Crippen molar-refractivity contribution in [3.8, 4) is 50.9 Å². The molecule has 0 amide bonds. The minimum absolute atomic E-state index is 0.707. The van der Waals surface area contributed by atoms with E-state index in [1.807, 2.05) is 0 Å². The molecule has 0 radical (unpaired) electrons. The van der Waals surface area contributed by atoms with E-state index >= 15 is 0 Å². The number of ether oxygens (including phenoxy) is 2. The van der Waals surface area contributed by atoms with Gasteiger partial charge in [-0.05, 0) is 65.2 Å². The molecular weight excluding hydrogens is 635 g/mol. The van der Waals surface area contributed by atoms with E-state index in [1.54, 1.807) is 0 Å². The van der Waals surface area contributed by atoms with E-state index in [0.29, 0.717) is 0 Å². The van der Waals surface area contributed by atoms with Gasteiger partial charge >= 0.3 is 0 Å². The topological polar surface area (TPSA) is 23.4 Å². The smallest absolute Gasteiger partial charge is 0.140 e. The molecule has 3 heterocycles. The normalized spacial score (nSPS) is 15.3. The molecule has 1 atom stereocenters.